The molecule has 0 aliphatic carbocycles. The van der Waals surface area contributed by atoms with Crippen LogP contribution in [0.25, 0.3) is 11.1 Å². The van der Waals surface area contributed by atoms with Crippen LogP contribution in [-0.2, 0) is 4.74 Å². The molecule has 2 aromatic rings. The quantitative estimate of drug-likeness (QED) is 0.789. The predicted octanol–water partition coefficient (Wildman–Crippen LogP) is 3.66. The summed E-state index contributed by atoms with van der Waals surface area (Å²) in [6.45, 7) is 3.91. The smallest absolute Gasteiger partial charge is 0.355 e. The molecular formula is C15H16FNO2. The molecule has 1 aromatic carbocycles. The molecule has 0 saturated heterocycles. The maximum atomic E-state index is 13.9. The van der Waals surface area contributed by atoms with Gasteiger partial charge < -0.3 is 9.30 Å². The molecule has 0 unspecified atom stereocenters. The molecule has 0 N–H and O–H groups in total. The maximum absolute atomic E-state index is 13.9. The van der Waals surface area contributed by atoms with Crippen LogP contribution in [0.5, 0.6) is 0 Å². The van der Waals surface area contributed by atoms with E-state index in [1.54, 1.807) is 35.0 Å². The van der Waals surface area contributed by atoms with E-state index in [1.165, 1.54) is 13.2 Å². The van der Waals surface area contributed by atoms with Crippen molar-refractivity contribution in [3.8, 4) is 11.1 Å². The van der Waals surface area contributed by atoms with E-state index in [0.29, 0.717) is 16.8 Å². The number of esters is 1. The summed E-state index contributed by atoms with van der Waals surface area (Å²) >= 11 is 0. The molecule has 100 valence electrons. The van der Waals surface area contributed by atoms with Gasteiger partial charge in [0.05, 0.1) is 7.11 Å². The monoisotopic (exact) mass is 261 g/mol. The SMILES string of the molecule is COC(=O)c1c(-c2ccccc2F)ccn1C(C)C. The van der Waals surface area contributed by atoms with E-state index in [9.17, 15) is 9.18 Å². The number of halogens is 1. The lowest BCUT2D eigenvalue weighted by molar-refractivity contribution is 0.0587. The molecule has 19 heavy (non-hydrogen) atoms. The summed E-state index contributed by atoms with van der Waals surface area (Å²) in [4.78, 5) is 11.9. The Labute approximate surface area is 111 Å². The van der Waals surface area contributed by atoms with Gasteiger partial charge in [-0.1, -0.05) is 18.2 Å². The van der Waals surface area contributed by atoms with Crippen molar-refractivity contribution in [3.63, 3.8) is 0 Å². The van der Waals surface area contributed by atoms with Crippen LogP contribution in [0.1, 0.15) is 30.4 Å². The fourth-order valence-electron chi connectivity index (χ4n) is 2.09. The summed E-state index contributed by atoms with van der Waals surface area (Å²) in [6, 6.07) is 8.23. The fourth-order valence-corrected chi connectivity index (χ4v) is 2.09. The second kappa shape index (κ2) is 5.26. The summed E-state index contributed by atoms with van der Waals surface area (Å²) in [5.41, 5.74) is 1.34. The third-order valence-corrected chi connectivity index (χ3v) is 3.01. The second-order valence-electron chi connectivity index (χ2n) is 4.55. The number of benzene rings is 1. The van der Waals surface area contributed by atoms with Gasteiger partial charge in [-0.25, -0.2) is 9.18 Å². The zero-order chi connectivity index (χ0) is 14.0. The van der Waals surface area contributed by atoms with Crippen LogP contribution < -0.4 is 0 Å². The first kappa shape index (κ1) is 13.3. The van der Waals surface area contributed by atoms with Crippen LogP contribution in [0.4, 0.5) is 4.39 Å². The third kappa shape index (κ3) is 2.38. The number of hydrogen-bond donors (Lipinski definition) is 0. The molecule has 1 heterocycles. The van der Waals surface area contributed by atoms with Crippen molar-refractivity contribution in [2.24, 2.45) is 0 Å². The van der Waals surface area contributed by atoms with Crippen molar-refractivity contribution in [1.29, 1.82) is 0 Å². The van der Waals surface area contributed by atoms with Crippen LogP contribution >= 0.6 is 0 Å². The van der Waals surface area contributed by atoms with E-state index in [0.717, 1.165) is 0 Å². The highest BCUT2D eigenvalue weighted by molar-refractivity contribution is 5.96. The lowest BCUT2D eigenvalue weighted by Gasteiger charge is -2.13. The average molecular weight is 261 g/mol. The van der Waals surface area contributed by atoms with E-state index in [1.807, 2.05) is 13.8 Å². The minimum Gasteiger partial charge on any atom is -0.464 e. The summed E-state index contributed by atoms with van der Waals surface area (Å²) in [6.07, 6.45) is 1.78. The molecule has 0 radical (unpaired) electrons. The molecule has 0 fully saturated rings. The standard InChI is InChI=1S/C15H16FNO2/c1-10(2)17-9-8-12(14(17)15(18)19-3)11-6-4-5-7-13(11)16/h4-10H,1-3H3. The summed E-state index contributed by atoms with van der Waals surface area (Å²) in [7, 11) is 1.32. The van der Waals surface area contributed by atoms with E-state index < -0.39 is 5.97 Å². The van der Waals surface area contributed by atoms with Gasteiger partial charge in [0.1, 0.15) is 11.5 Å². The van der Waals surface area contributed by atoms with Gasteiger partial charge in [0.15, 0.2) is 0 Å². The Morgan fingerprint density at radius 3 is 2.47 bits per heavy atom. The summed E-state index contributed by atoms with van der Waals surface area (Å²) in [5, 5.41) is 0. The first-order chi connectivity index (χ1) is 9.06. The second-order valence-corrected chi connectivity index (χ2v) is 4.55. The van der Waals surface area contributed by atoms with Gasteiger partial charge in [-0.15, -0.1) is 0 Å². The van der Waals surface area contributed by atoms with Crippen LogP contribution in [0.15, 0.2) is 36.5 Å². The Hall–Kier alpha value is -2.10. The van der Waals surface area contributed by atoms with Gasteiger partial charge in [0, 0.05) is 23.4 Å². The van der Waals surface area contributed by atoms with Crippen molar-refractivity contribution in [3.05, 3.63) is 48.0 Å². The molecule has 1 aromatic heterocycles. The summed E-state index contributed by atoms with van der Waals surface area (Å²) in [5.74, 6) is -0.814. The zero-order valence-electron chi connectivity index (χ0n) is 11.2. The van der Waals surface area contributed by atoms with Gasteiger partial charge in [0.2, 0.25) is 0 Å². The number of rotatable bonds is 3. The Morgan fingerprint density at radius 1 is 1.21 bits per heavy atom. The molecule has 0 saturated carbocycles. The molecule has 0 bridgehead atoms. The van der Waals surface area contributed by atoms with Gasteiger partial charge in [-0.05, 0) is 26.0 Å². The number of aromatic nitrogens is 1. The van der Waals surface area contributed by atoms with Crippen LogP contribution in [0, 0.1) is 5.82 Å². The normalized spacial score (nSPS) is 10.8. The zero-order valence-corrected chi connectivity index (χ0v) is 11.2. The minimum atomic E-state index is -0.461. The molecule has 0 spiro atoms. The van der Waals surface area contributed by atoms with Crippen molar-refractivity contribution >= 4 is 5.97 Å². The number of methoxy groups -OCH3 is 1. The molecule has 0 amide bonds. The predicted molar refractivity (Wildman–Crippen MR) is 71.6 cm³/mol. The number of carbonyl (C=O) groups excluding carboxylic acids is 1. The molecular weight excluding hydrogens is 245 g/mol. The number of nitrogens with zero attached hydrogens (tertiary/aromatic N) is 1. The van der Waals surface area contributed by atoms with E-state index >= 15 is 0 Å². The van der Waals surface area contributed by atoms with E-state index in [4.69, 9.17) is 4.74 Å². The molecule has 2 rings (SSSR count). The number of carbonyl (C=O) groups is 1. The van der Waals surface area contributed by atoms with Crippen LogP contribution in [0.2, 0.25) is 0 Å². The highest BCUT2D eigenvalue weighted by Gasteiger charge is 2.21. The summed E-state index contributed by atoms with van der Waals surface area (Å²) < 4.78 is 20.5. The fraction of sp³-hybridized carbons (Fsp3) is 0.267. The van der Waals surface area contributed by atoms with Gasteiger partial charge in [0.25, 0.3) is 0 Å². The lowest BCUT2D eigenvalue weighted by atomic mass is 10.1. The van der Waals surface area contributed by atoms with Gasteiger partial charge >= 0.3 is 5.97 Å². The van der Waals surface area contributed by atoms with Crippen molar-refractivity contribution in [2.45, 2.75) is 19.9 Å². The van der Waals surface area contributed by atoms with Crippen molar-refractivity contribution < 1.29 is 13.9 Å². The van der Waals surface area contributed by atoms with Gasteiger partial charge in [-0.2, -0.15) is 0 Å². The molecule has 0 aliphatic rings. The van der Waals surface area contributed by atoms with Crippen molar-refractivity contribution in [2.75, 3.05) is 7.11 Å². The Balaban J connectivity index is 2.65. The first-order valence-corrected chi connectivity index (χ1v) is 6.10. The molecule has 4 heteroatoms. The molecule has 3 nitrogen and oxygen atoms in total. The Morgan fingerprint density at radius 2 is 1.89 bits per heavy atom. The highest BCUT2D eigenvalue weighted by atomic mass is 19.1. The highest BCUT2D eigenvalue weighted by Crippen LogP contribution is 2.29. The van der Waals surface area contributed by atoms with Crippen molar-refractivity contribution in [1.82, 2.24) is 4.57 Å². The first-order valence-electron chi connectivity index (χ1n) is 6.10. The van der Waals surface area contributed by atoms with E-state index in [2.05, 4.69) is 0 Å². The minimum absolute atomic E-state index is 0.0922. The Kier molecular flexibility index (Phi) is 3.69. The maximum Gasteiger partial charge on any atom is 0.355 e. The lowest BCUT2D eigenvalue weighted by Crippen LogP contribution is -2.13. The topological polar surface area (TPSA) is 31.2 Å². The Bertz CT molecular complexity index is 602. The molecule has 0 atom stereocenters. The number of ether oxygens (including phenoxy) is 1. The van der Waals surface area contributed by atoms with Crippen LogP contribution in [-0.4, -0.2) is 17.6 Å². The van der Waals surface area contributed by atoms with E-state index in [-0.39, 0.29) is 11.9 Å². The largest absolute Gasteiger partial charge is 0.464 e. The average Bonchev–Trinajstić information content (AvgIpc) is 2.83. The number of hydrogen-bond acceptors (Lipinski definition) is 2. The molecule has 0 aliphatic heterocycles. The van der Waals surface area contributed by atoms with Gasteiger partial charge in [-0.3, -0.25) is 0 Å². The van der Waals surface area contributed by atoms with Crippen LogP contribution in [0.3, 0.4) is 0 Å². The third-order valence-electron chi connectivity index (χ3n) is 3.01.